The van der Waals surface area contributed by atoms with E-state index in [4.69, 9.17) is 0 Å². The van der Waals surface area contributed by atoms with Crippen molar-refractivity contribution in [1.29, 1.82) is 0 Å². The smallest absolute Gasteiger partial charge is 0.311 e. The molecular weight excluding hydrogens is 110 g/mol. The van der Waals surface area contributed by atoms with Crippen LogP contribution < -0.4 is 0 Å². The molecule has 0 aliphatic rings. The molecule has 4 nitrogen and oxygen atoms in total. The maximum Gasteiger partial charge on any atom is 0.311 e. The fourth-order valence-electron chi connectivity index (χ4n) is 0.216. The molecule has 0 aromatic heterocycles. The van der Waals surface area contributed by atoms with E-state index in [2.05, 4.69) is 9.91 Å². The summed E-state index contributed by atoms with van der Waals surface area (Å²) in [5, 5.41) is 2.11. The van der Waals surface area contributed by atoms with Crippen LogP contribution in [0.3, 0.4) is 0 Å². The van der Waals surface area contributed by atoms with E-state index in [0.717, 1.165) is 0 Å². The first-order valence-corrected chi connectivity index (χ1v) is 2.25. The molecule has 0 saturated carbocycles. The van der Waals surface area contributed by atoms with Crippen molar-refractivity contribution in [3.63, 3.8) is 0 Å². The first-order valence-electron chi connectivity index (χ1n) is 2.25. The minimum absolute atomic E-state index is 0.194. The van der Waals surface area contributed by atoms with Crippen LogP contribution in [-0.2, 0) is 9.53 Å². The second-order valence-electron chi connectivity index (χ2n) is 1.12. The highest BCUT2D eigenvalue weighted by Crippen LogP contribution is 1.75. The number of amides is 1. The van der Waals surface area contributed by atoms with Crippen LogP contribution in [0.15, 0.2) is 5.18 Å². The first-order chi connectivity index (χ1) is 3.81. The van der Waals surface area contributed by atoms with Gasteiger partial charge in [-0.2, -0.15) is 0 Å². The molecule has 0 aromatic carbocycles. The van der Waals surface area contributed by atoms with Gasteiger partial charge < -0.3 is 4.74 Å². The Kier molecular flexibility index (Phi) is 3.97. The lowest BCUT2D eigenvalue weighted by molar-refractivity contribution is -0.122. The summed E-state index contributed by atoms with van der Waals surface area (Å²) in [6.07, 6.45) is 0. The maximum absolute atomic E-state index is 9.97. The Hall–Kier alpha value is -0.770. The van der Waals surface area contributed by atoms with Crippen molar-refractivity contribution in [3.8, 4) is 0 Å². The molecule has 0 fully saturated rings. The van der Waals surface area contributed by atoms with Gasteiger partial charge in [-0.25, -0.2) is 0 Å². The Morgan fingerprint density at radius 3 is 2.75 bits per heavy atom. The van der Waals surface area contributed by atoms with Gasteiger partial charge in [-0.15, -0.1) is 4.91 Å². The maximum atomic E-state index is 9.97. The van der Waals surface area contributed by atoms with E-state index < -0.39 is 5.91 Å². The molecule has 1 amide bonds. The van der Waals surface area contributed by atoms with E-state index in [9.17, 15) is 9.70 Å². The first kappa shape index (κ1) is 7.23. The fraction of sp³-hybridized carbons (Fsp3) is 0.750. The summed E-state index contributed by atoms with van der Waals surface area (Å²) >= 11 is 0. The highest BCUT2D eigenvalue weighted by atomic mass is 16.5. The average Bonchev–Trinajstić information content (AvgIpc) is 1.83. The second-order valence-corrected chi connectivity index (χ2v) is 1.12. The molecule has 0 saturated heterocycles. The van der Waals surface area contributed by atoms with Crippen LogP contribution in [0.25, 0.3) is 0 Å². The van der Waals surface area contributed by atoms with Crippen molar-refractivity contribution in [2.45, 2.75) is 6.92 Å². The summed E-state index contributed by atoms with van der Waals surface area (Å²) in [4.78, 5) is 19.3. The summed E-state index contributed by atoms with van der Waals surface area (Å²) in [6, 6.07) is 0. The van der Waals surface area contributed by atoms with Gasteiger partial charge >= 0.3 is 5.91 Å². The van der Waals surface area contributed by atoms with Crippen molar-refractivity contribution in [1.82, 2.24) is 0 Å². The van der Waals surface area contributed by atoms with Crippen molar-refractivity contribution < 1.29 is 9.53 Å². The number of hydrogen-bond donors (Lipinski definition) is 0. The number of rotatable bonds is 3. The molecule has 0 unspecified atom stereocenters. The quantitative estimate of drug-likeness (QED) is 0.500. The minimum atomic E-state index is -0.758. The van der Waals surface area contributed by atoms with Crippen molar-refractivity contribution >= 4 is 5.91 Å². The Bertz CT molecular complexity index is 91.3. The lowest BCUT2D eigenvalue weighted by Crippen LogP contribution is -2.03. The molecule has 4 heteroatoms. The molecule has 0 aliphatic heterocycles. The van der Waals surface area contributed by atoms with Crippen LogP contribution in [0.4, 0.5) is 0 Å². The van der Waals surface area contributed by atoms with Crippen LogP contribution >= 0.6 is 0 Å². The molecule has 0 N–H and O–H groups in total. The number of hydrogen-bond acceptors (Lipinski definition) is 3. The average molecular weight is 117 g/mol. The van der Waals surface area contributed by atoms with Gasteiger partial charge in [-0.05, 0) is 6.92 Å². The summed E-state index contributed by atoms with van der Waals surface area (Å²) in [6.45, 7) is 1.97. The zero-order valence-electron chi connectivity index (χ0n) is 4.59. The van der Waals surface area contributed by atoms with Gasteiger partial charge in [0, 0.05) is 11.8 Å². The van der Waals surface area contributed by atoms with E-state index in [-0.39, 0.29) is 6.61 Å². The minimum Gasteiger partial charge on any atom is -0.372 e. The van der Waals surface area contributed by atoms with E-state index in [0.29, 0.717) is 6.61 Å². The molecule has 0 atom stereocenters. The molecule has 46 valence electrons. The van der Waals surface area contributed by atoms with Crippen LogP contribution in [0.5, 0.6) is 0 Å². The van der Waals surface area contributed by atoms with E-state index in [1.807, 2.05) is 0 Å². The SMILES string of the molecule is CCOCC(=O)N=O. The molecule has 8 heavy (non-hydrogen) atoms. The summed E-state index contributed by atoms with van der Waals surface area (Å²) in [5.74, 6) is -0.758. The van der Waals surface area contributed by atoms with Crippen molar-refractivity contribution in [2.75, 3.05) is 13.2 Å². The van der Waals surface area contributed by atoms with Gasteiger partial charge in [0.15, 0.2) is 0 Å². The zero-order chi connectivity index (χ0) is 6.41. The highest BCUT2D eigenvalue weighted by molar-refractivity contribution is 5.77. The van der Waals surface area contributed by atoms with E-state index >= 15 is 0 Å². The topological polar surface area (TPSA) is 55.7 Å². The highest BCUT2D eigenvalue weighted by Gasteiger charge is 1.96. The molecule has 0 bridgehead atoms. The van der Waals surface area contributed by atoms with Gasteiger partial charge in [0.05, 0.1) is 0 Å². The normalized spacial score (nSPS) is 8.62. The van der Waals surface area contributed by atoms with Crippen LogP contribution in [0, 0.1) is 4.91 Å². The van der Waals surface area contributed by atoms with Crippen LogP contribution in [-0.4, -0.2) is 19.1 Å². The van der Waals surface area contributed by atoms with Gasteiger partial charge in [-0.1, -0.05) is 0 Å². The third kappa shape index (κ3) is 3.42. The number of ether oxygens (including phenoxy) is 1. The van der Waals surface area contributed by atoms with Gasteiger partial charge in [-0.3, -0.25) is 4.79 Å². The lowest BCUT2D eigenvalue weighted by Gasteiger charge is -1.89. The lowest BCUT2D eigenvalue weighted by atomic mass is 10.7. The van der Waals surface area contributed by atoms with E-state index in [1.54, 1.807) is 6.92 Å². The monoisotopic (exact) mass is 117 g/mol. The number of carbonyl (C=O) groups excluding carboxylic acids is 1. The largest absolute Gasteiger partial charge is 0.372 e. The third-order valence-corrected chi connectivity index (χ3v) is 0.531. The Labute approximate surface area is 46.8 Å². The predicted molar refractivity (Wildman–Crippen MR) is 27.3 cm³/mol. The molecule has 0 heterocycles. The number of carbonyl (C=O) groups is 1. The fourth-order valence-corrected chi connectivity index (χ4v) is 0.216. The molecule has 0 aromatic rings. The second kappa shape index (κ2) is 4.39. The summed E-state index contributed by atoms with van der Waals surface area (Å²) in [7, 11) is 0. The zero-order valence-corrected chi connectivity index (χ0v) is 4.59. The Morgan fingerprint density at radius 1 is 1.75 bits per heavy atom. The van der Waals surface area contributed by atoms with Gasteiger partial charge in [0.2, 0.25) is 0 Å². The summed E-state index contributed by atoms with van der Waals surface area (Å²) < 4.78 is 4.54. The van der Waals surface area contributed by atoms with Gasteiger partial charge in [0.1, 0.15) is 6.61 Å². The molecular formula is C4H7NO3. The molecule has 0 radical (unpaired) electrons. The third-order valence-electron chi connectivity index (χ3n) is 0.531. The predicted octanol–water partition coefficient (Wildman–Crippen LogP) is 0.316. The Morgan fingerprint density at radius 2 is 2.38 bits per heavy atom. The van der Waals surface area contributed by atoms with E-state index in [1.165, 1.54) is 0 Å². The standard InChI is InChI=1S/C4H7NO3/c1-2-8-3-4(6)5-7/h2-3H2,1H3. The van der Waals surface area contributed by atoms with Crippen molar-refractivity contribution in [2.24, 2.45) is 5.18 Å². The molecule has 0 rings (SSSR count). The molecule has 0 spiro atoms. The van der Waals surface area contributed by atoms with Crippen LogP contribution in [0.1, 0.15) is 6.92 Å². The van der Waals surface area contributed by atoms with Crippen LogP contribution in [0.2, 0.25) is 0 Å². The Balaban J connectivity index is 3.11. The number of nitroso groups, excluding NO2 is 1. The number of nitrogens with zero attached hydrogens (tertiary/aromatic N) is 1. The molecule has 0 aliphatic carbocycles. The van der Waals surface area contributed by atoms with Crippen molar-refractivity contribution in [3.05, 3.63) is 4.91 Å². The van der Waals surface area contributed by atoms with Gasteiger partial charge in [0.25, 0.3) is 0 Å². The summed E-state index contributed by atoms with van der Waals surface area (Å²) in [5.41, 5.74) is 0.